The summed E-state index contributed by atoms with van der Waals surface area (Å²) in [5.41, 5.74) is 17.7. The van der Waals surface area contributed by atoms with Gasteiger partial charge >= 0.3 is 6.03 Å². The molecule has 0 aromatic heterocycles. The second-order valence-electron chi connectivity index (χ2n) is 24.0. The lowest BCUT2D eigenvalue weighted by atomic mass is 9.78. The van der Waals surface area contributed by atoms with Crippen molar-refractivity contribution in [3.63, 3.8) is 0 Å². The normalized spacial score (nSPS) is 19.2. The van der Waals surface area contributed by atoms with Crippen LogP contribution in [0.1, 0.15) is 120 Å². The minimum Gasteiger partial charge on any atom is -0.497 e. The van der Waals surface area contributed by atoms with Crippen molar-refractivity contribution in [1.82, 2.24) is 30.2 Å². The maximum absolute atomic E-state index is 13.6. The van der Waals surface area contributed by atoms with Gasteiger partial charge in [-0.2, -0.15) is 0 Å². The SMILES string of the molecule is CC(N)c1cccc(Cl)c1Cl.CN1CCC(=O)C(C)(C)C1.COc1cccc(CN)c1.COc1cccc(CNC2CCN(C)CC2(C)C)c1.Cc1cccc(CN(C(=O)NC(C)c2cccc(Cl)c2Cl)C2CCN(C)CC2(C)C)c1. The van der Waals surface area contributed by atoms with Crippen LogP contribution in [-0.4, -0.2) is 118 Å². The van der Waals surface area contributed by atoms with Crippen LogP contribution in [0, 0.1) is 23.2 Å². The molecule has 4 unspecified atom stereocenters. The number of likely N-dealkylation sites (tertiary alicyclic amines) is 3. The number of nitrogens with zero attached hydrogens (tertiary/aromatic N) is 4. The number of carbonyl (C=O) groups is 2. The second kappa shape index (κ2) is 32.6. The highest BCUT2D eigenvalue weighted by molar-refractivity contribution is 6.43. The molecule has 0 aliphatic carbocycles. The van der Waals surface area contributed by atoms with E-state index in [1.807, 2.05) is 87.2 Å². The van der Waals surface area contributed by atoms with E-state index in [-0.39, 0.29) is 35.0 Å². The highest BCUT2D eigenvalue weighted by Crippen LogP contribution is 2.36. The molecule has 446 valence electrons. The van der Waals surface area contributed by atoms with Crippen LogP contribution in [-0.2, 0) is 24.4 Å². The lowest BCUT2D eigenvalue weighted by Crippen LogP contribution is -2.58. The molecule has 6 N–H and O–H groups in total. The number of carbonyl (C=O) groups excluding carboxylic acids is 2. The third-order valence-corrected chi connectivity index (χ3v) is 17.0. The third kappa shape index (κ3) is 21.9. The van der Waals surface area contributed by atoms with E-state index in [2.05, 4.69) is 124 Å². The van der Waals surface area contributed by atoms with Gasteiger partial charge in [0.1, 0.15) is 17.3 Å². The van der Waals surface area contributed by atoms with Crippen molar-refractivity contribution in [3.05, 3.63) is 163 Å². The van der Waals surface area contributed by atoms with Crippen molar-refractivity contribution in [2.75, 3.05) is 74.6 Å². The van der Waals surface area contributed by atoms with Gasteiger partial charge in [0.15, 0.2) is 0 Å². The number of ketones is 1. The maximum atomic E-state index is 13.6. The van der Waals surface area contributed by atoms with Gasteiger partial charge in [-0.15, -0.1) is 0 Å². The highest BCUT2D eigenvalue weighted by Gasteiger charge is 2.41. The Balaban J connectivity index is 0.000000239. The van der Waals surface area contributed by atoms with E-state index in [9.17, 15) is 9.59 Å². The molecular formula is C65H94Cl4N8O4. The predicted molar refractivity (Wildman–Crippen MR) is 340 cm³/mol. The van der Waals surface area contributed by atoms with Crippen LogP contribution < -0.4 is 31.6 Å². The number of halogens is 4. The Labute approximate surface area is 506 Å². The molecule has 2 amide bonds. The number of urea groups is 1. The third-order valence-electron chi connectivity index (χ3n) is 15.3. The number of nitrogens with one attached hydrogen (secondary N) is 2. The number of methoxy groups -OCH3 is 2. The first-order valence-corrected chi connectivity index (χ1v) is 29.7. The second-order valence-corrected chi connectivity index (χ2v) is 25.6. The molecule has 0 spiro atoms. The van der Waals surface area contributed by atoms with E-state index in [1.165, 1.54) is 24.1 Å². The minimum absolute atomic E-state index is 0.0227. The van der Waals surface area contributed by atoms with Gasteiger partial charge in [-0.3, -0.25) is 4.79 Å². The number of benzene rings is 5. The number of nitrogens with two attached hydrogens (primary N) is 2. The smallest absolute Gasteiger partial charge is 0.318 e. The lowest BCUT2D eigenvalue weighted by Gasteiger charge is -2.48. The fourth-order valence-corrected chi connectivity index (χ4v) is 11.8. The standard InChI is InChI=1S/C25H33Cl2N3O.C16H26N2O.C8H9Cl2N.C8H15NO.C8H11NO/c1-17-8-6-9-19(14-17)15-30(22-12-13-29(5)16-25(22,3)4)24(31)28-18(2)20-10-7-11-21(26)23(20)27;1-16(2)12-18(3)9-8-15(16)17-11-13-6-5-7-14(10-13)19-4;1-5(11)6-3-2-4-7(9)8(6)10;1-8(2)6-9(3)5-4-7(8)10;1-10-8-4-2-3-7(5-8)6-9/h6-11,14,18,22H,12-13,15-16H2,1-5H3,(H,28,31);5-7,10,15,17H,8-9,11-12H2,1-4H3;2-5H,11H2,1H3;4-6H2,1-3H3;2-5H,6,9H2,1H3. The van der Waals surface area contributed by atoms with Gasteiger partial charge < -0.3 is 51.2 Å². The molecule has 16 heteroatoms. The molecule has 3 aliphatic rings. The number of hydrogen-bond donors (Lipinski definition) is 4. The van der Waals surface area contributed by atoms with Crippen LogP contribution in [0.4, 0.5) is 4.79 Å². The van der Waals surface area contributed by atoms with E-state index in [4.69, 9.17) is 67.3 Å². The summed E-state index contributed by atoms with van der Waals surface area (Å²) in [6, 6.07) is 35.7. The van der Waals surface area contributed by atoms with E-state index < -0.39 is 0 Å². The number of aryl methyl sites for hydroxylation is 1. The van der Waals surface area contributed by atoms with Gasteiger partial charge in [0.25, 0.3) is 0 Å². The van der Waals surface area contributed by atoms with E-state index in [0.717, 1.165) is 85.9 Å². The van der Waals surface area contributed by atoms with Gasteiger partial charge in [0.05, 0.1) is 40.4 Å². The Morgan fingerprint density at radius 1 is 0.679 bits per heavy atom. The van der Waals surface area contributed by atoms with Crippen molar-refractivity contribution in [3.8, 4) is 11.5 Å². The maximum Gasteiger partial charge on any atom is 0.318 e. The van der Waals surface area contributed by atoms with Crippen LogP contribution in [0.15, 0.2) is 109 Å². The zero-order valence-corrected chi connectivity index (χ0v) is 53.8. The Hall–Kier alpha value is -4.44. The van der Waals surface area contributed by atoms with Crippen molar-refractivity contribution in [2.24, 2.45) is 27.7 Å². The molecule has 81 heavy (non-hydrogen) atoms. The molecule has 0 bridgehead atoms. The van der Waals surface area contributed by atoms with Crippen LogP contribution in [0.5, 0.6) is 11.5 Å². The number of ether oxygens (including phenoxy) is 2. The van der Waals surface area contributed by atoms with Gasteiger partial charge in [0, 0.05) is 75.8 Å². The number of piperidine rings is 3. The molecule has 0 radical (unpaired) electrons. The summed E-state index contributed by atoms with van der Waals surface area (Å²) < 4.78 is 10.3. The summed E-state index contributed by atoms with van der Waals surface area (Å²) >= 11 is 24.2. The summed E-state index contributed by atoms with van der Waals surface area (Å²) in [7, 11) is 9.78. The van der Waals surface area contributed by atoms with E-state index >= 15 is 0 Å². The van der Waals surface area contributed by atoms with E-state index in [0.29, 0.717) is 50.4 Å². The van der Waals surface area contributed by atoms with Crippen molar-refractivity contribution in [1.29, 1.82) is 0 Å². The van der Waals surface area contributed by atoms with Gasteiger partial charge in [-0.1, -0.05) is 166 Å². The zero-order valence-electron chi connectivity index (χ0n) is 50.8. The molecule has 8 rings (SSSR count). The van der Waals surface area contributed by atoms with Crippen LogP contribution >= 0.6 is 46.4 Å². The van der Waals surface area contributed by atoms with Crippen molar-refractivity contribution in [2.45, 2.75) is 125 Å². The Bertz CT molecular complexity index is 2740. The van der Waals surface area contributed by atoms with Crippen molar-refractivity contribution < 1.29 is 19.1 Å². The van der Waals surface area contributed by atoms with Crippen molar-refractivity contribution >= 4 is 58.2 Å². The summed E-state index contributed by atoms with van der Waals surface area (Å²) in [6.45, 7) is 27.3. The first kappa shape index (κ1) is 69.1. The number of hydrogen-bond acceptors (Lipinski definition) is 10. The Morgan fingerprint density at radius 2 is 1.19 bits per heavy atom. The topological polar surface area (TPSA) is 142 Å². The predicted octanol–water partition coefficient (Wildman–Crippen LogP) is 13.9. The molecule has 4 atom stereocenters. The van der Waals surface area contributed by atoms with Gasteiger partial charge in [-0.05, 0) is 143 Å². The summed E-state index contributed by atoms with van der Waals surface area (Å²) in [5.74, 6) is 2.20. The first-order valence-electron chi connectivity index (χ1n) is 28.2. The zero-order chi connectivity index (χ0) is 60.2. The quantitative estimate of drug-likeness (QED) is 0.0954. The average molecular weight is 1190 g/mol. The molecular weight excluding hydrogens is 1100 g/mol. The summed E-state index contributed by atoms with van der Waals surface area (Å²) in [6.07, 6.45) is 2.88. The summed E-state index contributed by atoms with van der Waals surface area (Å²) in [4.78, 5) is 33.8. The number of rotatable bonds is 12. The molecule has 3 heterocycles. The molecule has 12 nitrogen and oxygen atoms in total. The summed E-state index contributed by atoms with van der Waals surface area (Å²) in [5, 5.41) is 8.99. The van der Waals surface area contributed by atoms with Crippen LogP contribution in [0.3, 0.4) is 0 Å². The Morgan fingerprint density at radius 3 is 1.70 bits per heavy atom. The first-order chi connectivity index (χ1) is 38.1. The molecule has 5 aromatic carbocycles. The average Bonchev–Trinajstić information content (AvgIpc) is 3.40. The monoisotopic (exact) mass is 1190 g/mol. The van der Waals surface area contributed by atoms with Gasteiger partial charge in [0.2, 0.25) is 0 Å². The van der Waals surface area contributed by atoms with Crippen LogP contribution in [0.25, 0.3) is 0 Å². The fraction of sp³-hybridized carbons (Fsp3) is 0.508. The Kier molecular flexibility index (Phi) is 27.8. The minimum atomic E-state index is -0.256. The van der Waals surface area contributed by atoms with E-state index in [1.54, 1.807) is 26.4 Å². The number of amides is 2. The molecule has 3 fully saturated rings. The molecule has 0 saturated carbocycles. The molecule has 5 aromatic rings. The van der Waals surface area contributed by atoms with Crippen LogP contribution in [0.2, 0.25) is 20.1 Å². The largest absolute Gasteiger partial charge is 0.497 e. The lowest BCUT2D eigenvalue weighted by molar-refractivity contribution is -0.131. The molecule has 3 saturated heterocycles. The van der Waals surface area contributed by atoms with Gasteiger partial charge in [-0.25, -0.2) is 4.79 Å². The molecule has 3 aliphatic heterocycles. The fourth-order valence-electron chi connectivity index (χ4n) is 10.9. The highest BCUT2D eigenvalue weighted by atomic mass is 35.5. The number of Topliss-reactive ketones (excluding diaryl/α,β-unsaturated/α-hetero) is 1.